The van der Waals surface area contributed by atoms with Crippen molar-refractivity contribution in [1.82, 2.24) is 38.8 Å². The molecule has 0 unspecified atom stereocenters. The summed E-state index contributed by atoms with van der Waals surface area (Å²) in [6, 6.07) is 4.29. The third-order valence-corrected chi connectivity index (χ3v) is 6.37. The number of fused-ring (bicyclic) bond motifs is 1. The van der Waals surface area contributed by atoms with Gasteiger partial charge in [0.15, 0.2) is 17.0 Å². The van der Waals surface area contributed by atoms with E-state index < -0.39 is 23.1 Å². The van der Waals surface area contributed by atoms with Crippen LogP contribution in [-0.4, -0.2) is 45.3 Å². The van der Waals surface area contributed by atoms with E-state index in [0.717, 1.165) is 10.8 Å². The molecule has 0 amide bonds. The minimum atomic E-state index is -4.55. The molecule has 1 N–H and O–H groups in total. The zero-order chi connectivity index (χ0) is 28.8. The number of aryl methyl sites for hydroxylation is 3. The van der Waals surface area contributed by atoms with Crippen molar-refractivity contribution >= 4 is 17.0 Å². The van der Waals surface area contributed by atoms with E-state index in [1.54, 1.807) is 23.6 Å². The first-order valence-corrected chi connectivity index (χ1v) is 12.1. The van der Waals surface area contributed by atoms with Crippen LogP contribution in [0.1, 0.15) is 35.7 Å². The quantitative estimate of drug-likeness (QED) is 0.321. The summed E-state index contributed by atoms with van der Waals surface area (Å²) in [7, 11) is 1.54. The molecular formula is C25H24F3N9O3. The van der Waals surface area contributed by atoms with Crippen LogP contribution in [0.3, 0.4) is 0 Å². The Hall–Kier alpha value is -4.82. The van der Waals surface area contributed by atoms with Crippen LogP contribution in [0.5, 0.6) is 0 Å². The molecular weight excluding hydrogens is 531 g/mol. The second-order valence-corrected chi connectivity index (χ2v) is 9.37. The molecule has 0 aromatic carbocycles. The van der Waals surface area contributed by atoms with E-state index >= 15 is 0 Å². The largest absolute Gasteiger partial charge is 0.433 e. The smallest absolute Gasteiger partial charge is 0.368 e. The van der Waals surface area contributed by atoms with Gasteiger partial charge in [0.25, 0.3) is 5.56 Å². The maximum Gasteiger partial charge on any atom is 0.433 e. The first-order chi connectivity index (χ1) is 18.9. The molecule has 0 aliphatic rings. The minimum Gasteiger partial charge on any atom is -0.368 e. The number of nitrogens with one attached hydrogen (secondary N) is 1. The summed E-state index contributed by atoms with van der Waals surface area (Å²) in [4.78, 5) is 42.7. The molecule has 0 saturated carbocycles. The zero-order valence-corrected chi connectivity index (χ0v) is 21.9. The van der Waals surface area contributed by atoms with E-state index in [-0.39, 0.29) is 35.1 Å². The molecule has 0 spiro atoms. The van der Waals surface area contributed by atoms with Gasteiger partial charge in [0.05, 0.1) is 12.9 Å². The van der Waals surface area contributed by atoms with Gasteiger partial charge in [-0.15, -0.1) is 0 Å². The van der Waals surface area contributed by atoms with Crippen LogP contribution in [0.25, 0.3) is 22.6 Å². The fraction of sp³-hybridized carbons (Fsp3) is 0.320. The van der Waals surface area contributed by atoms with E-state index in [9.17, 15) is 22.8 Å². The Bertz CT molecular complexity index is 1840. The molecule has 208 valence electrons. The highest BCUT2D eigenvalue weighted by Crippen LogP contribution is 2.31. The van der Waals surface area contributed by atoms with E-state index in [0.29, 0.717) is 29.4 Å². The lowest BCUT2D eigenvalue weighted by molar-refractivity contribution is -0.141. The summed E-state index contributed by atoms with van der Waals surface area (Å²) in [5, 5.41) is 7.04. The molecule has 5 heterocycles. The Kier molecular flexibility index (Phi) is 6.73. The summed E-state index contributed by atoms with van der Waals surface area (Å²) in [6.45, 7) is 5.15. The average Bonchev–Trinajstić information content (AvgIpc) is 3.54. The summed E-state index contributed by atoms with van der Waals surface area (Å²) in [5.74, 6) is 1.18. The van der Waals surface area contributed by atoms with Gasteiger partial charge in [0.2, 0.25) is 0 Å². The van der Waals surface area contributed by atoms with Crippen molar-refractivity contribution in [2.75, 3.05) is 11.9 Å². The van der Waals surface area contributed by atoms with Gasteiger partial charge in [0.1, 0.15) is 23.0 Å². The summed E-state index contributed by atoms with van der Waals surface area (Å²) in [6.07, 6.45) is -0.490. The number of imidazole rings is 1. The van der Waals surface area contributed by atoms with Crippen LogP contribution in [-0.2, 0) is 19.8 Å². The second kappa shape index (κ2) is 10.1. The van der Waals surface area contributed by atoms with Crippen LogP contribution in [0.15, 0.2) is 51.0 Å². The highest BCUT2D eigenvalue weighted by molar-refractivity contribution is 5.70. The molecule has 0 bridgehead atoms. The van der Waals surface area contributed by atoms with E-state index in [2.05, 4.69) is 30.4 Å². The van der Waals surface area contributed by atoms with Gasteiger partial charge >= 0.3 is 11.9 Å². The molecule has 1 atom stereocenters. The topological polar surface area (TPSA) is 139 Å². The van der Waals surface area contributed by atoms with Gasteiger partial charge < -0.3 is 14.4 Å². The van der Waals surface area contributed by atoms with Gasteiger partial charge in [-0.05, 0) is 38.5 Å². The van der Waals surface area contributed by atoms with E-state index in [1.165, 1.54) is 37.1 Å². The molecule has 0 aliphatic heterocycles. The Morgan fingerprint density at radius 3 is 2.58 bits per heavy atom. The Labute approximate surface area is 224 Å². The first kappa shape index (κ1) is 26.8. The number of alkyl halides is 3. The minimum absolute atomic E-state index is 0.0358. The molecule has 0 saturated heterocycles. The Morgan fingerprint density at radius 2 is 1.90 bits per heavy atom. The zero-order valence-electron chi connectivity index (χ0n) is 21.9. The monoisotopic (exact) mass is 555 g/mol. The molecule has 40 heavy (non-hydrogen) atoms. The Morgan fingerprint density at radius 1 is 1.12 bits per heavy atom. The maximum absolute atomic E-state index is 13.4. The fourth-order valence-electron chi connectivity index (χ4n) is 4.36. The van der Waals surface area contributed by atoms with Crippen molar-refractivity contribution in [3.63, 3.8) is 0 Å². The predicted molar refractivity (Wildman–Crippen MR) is 138 cm³/mol. The lowest BCUT2D eigenvalue weighted by Gasteiger charge is -2.16. The number of nitrogens with zero attached hydrogens (tertiary/aromatic N) is 8. The summed E-state index contributed by atoms with van der Waals surface area (Å²) in [5.41, 5.74) is -0.782. The van der Waals surface area contributed by atoms with Crippen LogP contribution in [0.2, 0.25) is 0 Å². The number of hydrogen-bond acceptors (Lipinski definition) is 9. The highest BCUT2D eigenvalue weighted by atomic mass is 19.4. The molecule has 5 rings (SSSR count). The van der Waals surface area contributed by atoms with Crippen molar-refractivity contribution < 1.29 is 17.7 Å². The maximum atomic E-state index is 13.4. The lowest BCUT2D eigenvalue weighted by Crippen LogP contribution is -2.40. The number of halogens is 3. The van der Waals surface area contributed by atoms with Crippen LogP contribution in [0.4, 0.5) is 19.0 Å². The molecule has 5 aromatic rings. The predicted octanol–water partition coefficient (Wildman–Crippen LogP) is 3.09. The van der Waals surface area contributed by atoms with E-state index in [4.69, 9.17) is 4.52 Å². The van der Waals surface area contributed by atoms with Crippen molar-refractivity contribution in [2.45, 2.75) is 39.5 Å². The van der Waals surface area contributed by atoms with Gasteiger partial charge in [0, 0.05) is 43.7 Å². The van der Waals surface area contributed by atoms with Gasteiger partial charge in [-0.25, -0.2) is 19.7 Å². The molecule has 0 fully saturated rings. The second-order valence-electron chi connectivity index (χ2n) is 9.37. The molecule has 12 nitrogen and oxygen atoms in total. The Balaban J connectivity index is 1.39. The van der Waals surface area contributed by atoms with Crippen LogP contribution >= 0.6 is 0 Å². The molecule has 5 aromatic heterocycles. The number of pyridine rings is 1. The summed E-state index contributed by atoms with van der Waals surface area (Å²) < 4.78 is 48.3. The fourth-order valence-corrected chi connectivity index (χ4v) is 4.36. The van der Waals surface area contributed by atoms with Crippen LogP contribution in [0, 0.1) is 13.8 Å². The SMILES string of the molecule is Cc1cc(Cn2c(=O)c3c(ncn3[C@@H](C)CNc3ccnc(-c4cnc(C(F)(F)F)c(C)c4)n3)n(C)c2=O)no1. The lowest BCUT2D eigenvalue weighted by atomic mass is 10.1. The van der Waals surface area contributed by atoms with Gasteiger partial charge in [-0.3, -0.25) is 18.9 Å². The van der Waals surface area contributed by atoms with E-state index in [1.807, 2.05) is 6.92 Å². The first-order valence-electron chi connectivity index (χ1n) is 12.1. The van der Waals surface area contributed by atoms with Crippen molar-refractivity contribution in [2.24, 2.45) is 7.05 Å². The normalized spacial score (nSPS) is 12.7. The molecule has 15 heteroatoms. The van der Waals surface area contributed by atoms with Crippen molar-refractivity contribution in [3.8, 4) is 11.4 Å². The third kappa shape index (κ3) is 4.97. The highest BCUT2D eigenvalue weighted by Gasteiger charge is 2.34. The van der Waals surface area contributed by atoms with Crippen molar-refractivity contribution in [3.05, 3.63) is 80.5 Å². The third-order valence-electron chi connectivity index (χ3n) is 6.37. The number of hydrogen-bond donors (Lipinski definition) is 1. The number of rotatable bonds is 7. The van der Waals surface area contributed by atoms with Gasteiger partial charge in [-0.2, -0.15) is 13.2 Å². The van der Waals surface area contributed by atoms with Gasteiger partial charge in [-0.1, -0.05) is 5.16 Å². The molecule has 0 aliphatic carbocycles. The number of aromatic nitrogens is 8. The molecule has 0 radical (unpaired) electrons. The standard InChI is InChI=1S/C25H24F3N9O3/c1-13-7-16(10-31-20(13)25(26,27)28)21-29-6-5-18(33-21)30-9-14(2)37-12-32-22-19(37)23(38)36(24(39)35(22)4)11-17-8-15(3)40-34-17/h5-8,10,12,14H,9,11H2,1-4H3,(H,29,30,33)/t14-/m0/s1. The van der Waals surface area contributed by atoms with Crippen molar-refractivity contribution in [1.29, 1.82) is 0 Å². The van der Waals surface area contributed by atoms with Crippen LogP contribution < -0.4 is 16.6 Å². The average molecular weight is 556 g/mol. The number of anilines is 1. The summed E-state index contributed by atoms with van der Waals surface area (Å²) >= 11 is 0.